The number of nitrogens with one attached hydrogen (secondary N) is 1. The highest BCUT2D eigenvalue weighted by Crippen LogP contribution is 2.23. The van der Waals surface area contributed by atoms with E-state index in [0.29, 0.717) is 6.04 Å². The number of hydrogen-bond donors (Lipinski definition) is 1. The molecule has 1 aliphatic rings. The molecule has 0 radical (unpaired) electrons. The molecule has 4 heteroatoms. The molecular formula is C10H17N3S. The minimum absolute atomic E-state index is 0.482. The van der Waals surface area contributed by atoms with Gasteiger partial charge in [-0.05, 0) is 13.8 Å². The lowest BCUT2D eigenvalue weighted by Crippen LogP contribution is -2.44. The van der Waals surface area contributed by atoms with Crippen LogP contribution in [0.4, 0.5) is 0 Å². The van der Waals surface area contributed by atoms with Crippen LogP contribution in [0.2, 0.25) is 0 Å². The van der Waals surface area contributed by atoms with E-state index in [-0.39, 0.29) is 0 Å². The summed E-state index contributed by atoms with van der Waals surface area (Å²) in [4.78, 5) is 7.04. The standard InChI is InChI=1S/C10H17N3S/c1-8-7-14-10(12-8)9(2)13-5-3-11-4-6-13/h7,9,11H,3-6H2,1-2H3. The predicted octanol–water partition coefficient (Wildman–Crippen LogP) is 1.42. The van der Waals surface area contributed by atoms with Crippen LogP contribution in [0, 0.1) is 6.92 Å². The van der Waals surface area contributed by atoms with Crippen molar-refractivity contribution in [3.63, 3.8) is 0 Å². The molecule has 1 aromatic rings. The lowest BCUT2D eigenvalue weighted by molar-refractivity contribution is 0.185. The Morgan fingerprint density at radius 3 is 2.79 bits per heavy atom. The zero-order chi connectivity index (χ0) is 9.97. The molecule has 0 aromatic carbocycles. The average Bonchev–Trinajstić information content (AvgIpc) is 2.65. The third-order valence-electron chi connectivity index (χ3n) is 2.69. The van der Waals surface area contributed by atoms with E-state index in [4.69, 9.17) is 0 Å². The summed E-state index contributed by atoms with van der Waals surface area (Å²) in [6.45, 7) is 8.80. The minimum Gasteiger partial charge on any atom is -0.314 e. The Bertz CT molecular complexity index is 291. The molecule has 0 aliphatic carbocycles. The zero-order valence-corrected chi connectivity index (χ0v) is 9.60. The Kier molecular flexibility index (Phi) is 3.15. The zero-order valence-electron chi connectivity index (χ0n) is 8.79. The summed E-state index contributed by atoms with van der Waals surface area (Å²) in [6, 6.07) is 0.482. The SMILES string of the molecule is Cc1csc(C(C)N2CCNCC2)n1. The molecule has 2 heterocycles. The number of thiazole rings is 1. The fraction of sp³-hybridized carbons (Fsp3) is 0.700. The molecule has 0 bridgehead atoms. The summed E-state index contributed by atoms with van der Waals surface area (Å²) in [6.07, 6.45) is 0. The first-order valence-corrected chi connectivity index (χ1v) is 6.02. The molecule has 1 saturated heterocycles. The van der Waals surface area contributed by atoms with Crippen LogP contribution in [-0.4, -0.2) is 36.1 Å². The van der Waals surface area contributed by atoms with Crippen LogP contribution in [0.3, 0.4) is 0 Å². The number of aromatic nitrogens is 1. The molecule has 1 unspecified atom stereocenters. The van der Waals surface area contributed by atoms with Gasteiger partial charge in [0.2, 0.25) is 0 Å². The summed E-state index contributed by atoms with van der Waals surface area (Å²) < 4.78 is 0. The first-order chi connectivity index (χ1) is 6.77. The van der Waals surface area contributed by atoms with Crippen LogP contribution >= 0.6 is 11.3 Å². The molecule has 1 fully saturated rings. The van der Waals surface area contributed by atoms with Crippen LogP contribution < -0.4 is 5.32 Å². The summed E-state index contributed by atoms with van der Waals surface area (Å²) in [5, 5.41) is 6.75. The normalized spacial score (nSPS) is 21.0. The Morgan fingerprint density at radius 2 is 2.21 bits per heavy atom. The smallest absolute Gasteiger partial charge is 0.110 e. The fourth-order valence-electron chi connectivity index (χ4n) is 1.79. The number of aryl methyl sites for hydroxylation is 1. The molecule has 1 aliphatic heterocycles. The molecule has 2 rings (SSSR count). The number of rotatable bonds is 2. The van der Waals surface area contributed by atoms with Gasteiger partial charge >= 0.3 is 0 Å². The molecule has 0 amide bonds. The highest BCUT2D eigenvalue weighted by atomic mass is 32.1. The summed E-state index contributed by atoms with van der Waals surface area (Å²) >= 11 is 1.78. The lowest BCUT2D eigenvalue weighted by atomic mass is 10.2. The van der Waals surface area contributed by atoms with Gasteiger partial charge in [-0.3, -0.25) is 4.90 Å². The van der Waals surface area contributed by atoms with Crippen LogP contribution in [0.25, 0.3) is 0 Å². The van der Waals surface area contributed by atoms with Gasteiger partial charge in [0.05, 0.1) is 6.04 Å². The molecule has 1 N–H and O–H groups in total. The second-order valence-electron chi connectivity index (χ2n) is 3.79. The van der Waals surface area contributed by atoms with E-state index < -0.39 is 0 Å². The van der Waals surface area contributed by atoms with Gasteiger partial charge in [-0.15, -0.1) is 11.3 Å². The van der Waals surface area contributed by atoms with Crippen molar-refractivity contribution in [2.75, 3.05) is 26.2 Å². The van der Waals surface area contributed by atoms with Gasteiger partial charge in [0, 0.05) is 37.3 Å². The number of piperazine rings is 1. The molecule has 1 aromatic heterocycles. The second kappa shape index (κ2) is 4.38. The Morgan fingerprint density at radius 1 is 1.50 bits per heavy atom. The maximum absolute atomic E-state index is 4.54. The molecule has 0 spiro atoms. The Hall–Kier alpha value is -0.450. The van der Waals surface area contributed by atoms with Crippen molar-refractivity contribution in [2.45, 2.75) is 19.9 Å². The molecular weight excluding hydrogens is 194 g/mol. The third kappa shape index (κ3) is 2.13. The van der Waals surface area contributed by atoms with E-state index in [1.807, 2.05) is 0 Å². The molecule has 1 atom stereocenters. The summed E-state index contributed by atoms with van der Waals surface area (Å²) in [7, 11) is 0. The third-order valence-corrected chi connectivity index (χ3v) is 3.83. The second-order valence-corrected chi connectivity index (χ2v) is 4.68. The van der Waals surface area contributed by atoms with Crippen molar-refractivity contribution in [3.05, 3.63) is 16.1 Å². The van der Waals surface area contributed by atoms with E-state index in [2.05, 4.69) is 34.4 Å². The van der Waals surface area contributed by atoms with Crippen molar-refractivity contribution in [3.8, 4) is 0 Å². The van der Waals surface area contributed by atoms with Crippen LogP contribution in [-0.2, 0) is 0 Å². The highest BCUT2D eigenvalue weighted by Gasteiger charge is 2.19. The quantitative estimate of drug-likeness (QED) is 0.802. The maximum Gasteiger partial charge on any atom is 0.110 e. The van der Waals surface area contributed by atoms with Gasteiger partial charge in [-0.1, -0.05) is 0 Å². The topological polar surface area (TPSA) is 28.2 Å². The van der Waals surface area contributed by atoms with E-state index in [9.17, 15) is 0 Å². The van der Waals surface area contributed by atoms with E-state index in [1.165, 1.54) is 5.01 Å². The van der Waals surface area contributed by atoms with Gasteiger partial charge in [0.25, 0.3) is 0 Å². The first kappa shape index (κ1) is 10.1. The van der Waals surface area contributed by atoms with Gasteiger partial charge in [0.1, 0.15) is 5.01 Å². The molecule has 3 nitrogen and oxygen atoms in total. The van der Waals surface area contributed by atoms with Crippen molar-refractivity contribution in [1.82, 2.24) is 15.2 Å². The van der Waals surface area contributed by atoms with E-state index >= 15 is 0 Å². The van der Waals surface area contributed by atoms with E-state index in [0.717, 1.165) is 31.9 Å². The van der Waals surface area contributed by atoms with E-state index in [1.54, 1.807) is 11.3 Å². The van der Waals surface area contributed by atoms with Crippen LogP contribution in [0.15, 0.2) is 5.38 Å². The van der Waals surface area contributed by atoms with Gasteiger partial charge < -0.3 is 5.32 Å². The summed E-state index contributed by atoms with van der Waals surface area (Å²) in [5.74, 6) is 0. The molecule has 78 valence electrons. The number of hydrogen-bond acceptors (Lipinski definition) is 4. The van der Waals surface area contributed by atoms with Crippen molar-refractivity contribution >= 4 is 11.3 Å². The highest BCUT2D eigenvalue weighted by molar-refractivity contribution is 7.09. The first-order valence-electron chi connectivity index (χ1n) is 5.14. The van der Waals surface area contributed by atoms with Gasteiger partial charge in [0.15, 0.2) is 0 Å². The van der Waals surface area contributed by atoms with Crippen molar-refractivity contribution in [2.24, 2.45) is 0 Å². The van der Waals surface area contributed by atoms with Crippen molar-refractivity contribution < 1.29 is 0 Å². The average molecular weight is 211 g/mol. The van der Waals surface area contributed by atoms with Crippen LogP contribution in [0.5, 0.6) is 0 Å². The molecule has 0 saturated carbocycles. The van der Waals surface area contributed by atoms with Crippen LogP contribution in [0.1, 0.15) is 23.7 Å². The minimum atomic E-state index is 0.482. The fourth-order valence-corrected chi connectivity index (χ4v) is 2.68. The monoisotopic (exact) mass is 211 g/mol. The predicted molar refractivity (Wildman–Crippen MR) is 59.7 cm³/mol. The number of nitrogens with zero attached hydrogens (tertiary/aromatic N) is 2. The van der Waals surface area contributed by atoms with Gasteiger partial charge in [-0.25, -0.2) is 4.98 Å². The maximum atomic E-state index is 4.54. The Labute approximate surface area is 89.1 Å². The molecule has 14 heavy (non-hydrogen) atoms. The lowest BCUT2D eigenvalue weighted by Gasteiger charge is -2.31. The Balaban J connectivity index is 2.03. The van der Waals surface area contributed by atoms with Gasteiger partial charge in [-0.2, -0.15) is 0 Å². The van der Waals surface area contributed by atoms with Crippen molar-refractivity contribution in [1.29, 1.82) is 0 Å². The summed E-state index contributed by atoms with van der Waals surface area (Å²) in [5.41, 5.74) is 1.15. The largest absolute Gasteiger partial charge is 0.314 e.